The lowest BCUT2D eigenvalue weighted by Crippen LogP contribution is -2.31. The first-order valence-electron chi connectivity index (χ1n) is 8.99. The Hall–Kier alpha value is -1.57. The van der Waals surface area contributed by atoms with Crippen molar-refractivity contribution in [3.8, 4) is 11.5 Å². The van der Waals surface area contributed by atoms with Gasteiger partial charge >= 0.3 is 0 Å². The molecule has 2 aromatic carbocycles. The van der Waals surface area contributed by atoms with Crippen LogP contribution in [0.3, 0.4) is 0 Å². The molecule has 2 aromatic rings. The van der Waals surface area contributed by atoms with Crippen LogP contribution in [0.15, 0.2) is 40.9 Å². The molecule has 1 aliphatic heterocycles. The van der Waals surface area contributed by atoms with Crippen molar-refractivity contribution in [3.63, 3.8) is 0 Å². The molecule has 1 heterocycles. The maximum Gasteiger partial charge on any atom is 0.241 e. The summed E-state index contributed by atoms with van der Waals surface area (Å²) >= 11 is 10.4. The van der Waals surface area contributed by atoms with Gasteiger partial charge in [-0.2, -0.15) is 0 Å². The van der Waals surface area contributed by atoms with E-state index in [1.54, 1.807) is 12.0 Å². The lowest BCUT2D eigenvalue weighted by atomic mass is 10.1. The number of aryl methyl sites for hydroxylation is 1. The van der Waals surface area contributed by atoms with Crippen molar-refractivity contribution in [2.45, 2.75) is 32.1 Å². The van der Waals surface area contributed by atoms with Gasteiger partial charge in [-0.05, 0) is 43.5 Å². The van der Waals surface area contributed by atoms with Gasteiger partial charge in [0, 0.05) is 11.0 Å². The third kappa shape index (κ3) is 4.70. The van der Waals surface area contributed by atoms with Gasteiger partial charge < -0.3 is 9.47 Å². The van der Waals surface area contributed by atoms with E-state index >= 15 is 0 Å². The molecule has 0 unspecified atom stereocenters. The molecular weight excluding hydrogens is 458 g/mol. The average Bonchev–Trinajstić information content (AvgIpc) is 2.95. The van der Waals surface area contributed by atoms with Crippen LogP contribution in [-0.4, -0.2) is 34.0 Å². The van der Waals surface area contributed by atoms with Crippen molar-refractivity contribution in [3.05, 3.63) is 57.6 Å². The number of methoxy groups -OCH3 is 1. The summed E-state index contributed by atoms with van der Waals surface area (Å²) in [4.78, 5) is 14.2. The molecule has 1 aliphatic rings. The number of benzene rings is 2. The highest BCUT2D eigenvalue weighted by atomic mass is 79.9. The summed E-state index contributed by atoms with van der Waals surface area (Å²) in [5.41, 5.74) is 3.30. The largest absolute Gasteiger partial charge is 0.493 e. The first-order chi connectivity index (χ1) is 13.4. The van der Waals surface area contributed by atoms with Crippen molar-refractivity contribution < 1.29 is 14.3 Å². The van der Waals surface area contributed by atoms with Gasteiger partial charge in [0.05, 0.1) is 12.4 Å². The SMILES string of the molecule is CCN1C(=O)[C@H](Cc2cc(OC)c(OCc3ccc(C)cc3)cc2Br)SC1=S. The molecule has 7 heteroatoms. The molecule has 0 saturated carbocycles. The van der Waals surface area contributed by atoms with E-state index in [-0.39, 0.29) is 11.2 Å². The van der Waals surface area contributed by atoms with Crippen molar-refractivity contribution in [2.24, 2.45) is 0 Å². The maximum atomic E-state index is 12.5. The van der Waals surface area contributed by atoms with E-state index in [2.05, 4.69) is 47.1 Å². The fourth-order valence-corrected chi connectivity index (χ4v) is 5.10. The molecule has 0 spiro atoms. The first-order valence-corrected chi connectivity index (χ1v) is 11.1. The second kappa shape index (κ2) is 9.29. The molecule has 0 N–H and O–H groups in total. The van der Waals surface area contributed by atoms with Crippen LogP contribution in [0.1, 0.15) is 23.6 Å². The van der Waals surface area contributed by atoms with Crippen LogP contribution in [0.2, 0.25) is 0 Å². The van der Waals surface area contributed by atoms with Crippen LogP contribution in [-0.2, 0) is 17.8 Å². The Bertz CT molecular complexity index is 886. The third-order valence-electron chi connectivity index (χ3n) is 4.57. The average molecular weight is 480 g/mol. The van der Waals surface area contributed by atoms with Crippen LogP contribution >= 0.6 is 39.9 Å². The second-order valence-corrected chi connectivity index (χ2v) is 9.22. The highest BCUT2D eigenvalue weighted by Crippen LogP contribution is 2.37. The zero-order valence-corrected chi connectivity index (χ0v) is 19.2. The Balaban J connectivity index is 1.75. The van der Waals surface area contributed by atoms with Crippen LogP contribution in [0, 0.1) is 6.92 Å². The highest BCUT2D eigenvalue weighted by Gasteiger charge is 2.36. The van der Waals surface area contributed by atoms with E-state index in [0.717, 1.165) is 15.6 Å². The number of thiocarbonyl (C=S) groups is 1. The molecule has 1 fully saturated rings. The summed E-state index contributed by atoms with van der Waals surface area (Å²) in [6.45, 7) is 5.06. The zero-order chi connectivity index (χ0) is 20.3. The third-order valence-corrected chi connectivity index (χ3v) is 6.90. The molecule has 0 bridgehead atoms. The quantitative estimate of drug-likeness (QED) is 0.514. The number of thioether (sulfide) groups is 1. The van der Waals surface area contributed by atoms with Gasteiger partial charge in [-0.3, -0.25) is 9.69 Å². The Labute approximate surface area is 183 Å². The number of ether oxygens (including phenoxy) is 2. The van der Waals surface area contributed by atoms with Gasteiger partial charge in [0.25, 0.3) is 0 Å². The Morgan fingerprint density at radius 2 is 1.93 bits per heavy atom. The molecule has 0 aromatic heterocycles. The summed E-state index contributed by atoms with van der Waals surface area (Å²) in [5, 5.41) is -0.201. The van der Waals surface area contributed by atoms with Gasteiger partial charge in [0.15, 0.2) is 11.5 Å². The van der Waals surface area contributed by atoms with Crippen LogP contribution in [0.4, 0.5) is 0 Å². The number of hydrogen-bond acceptors (Lipinski definition) is 5. The number of halogens is 1. The van der Waals surface area contributed by atoms with E-state index < -0.39 is 0 Å². The summed E-state index contributed by atoms with van der Waals surface area (Å²) in [6, 6.07) is 12.1. The normalized spacial score (nSPS) is 16.6. The highest BCUT2D eigenvalue weighted by molar-refractivity contribution is 9.10. The van der Waals surface area contributed by atoms with Gasteiger partial charge in [0.1, 0.15) is 10.9 Å². The Morgan fingerprint density at radius 1 is 1.21 bits per heavy atom. The molecule has 1 saturated heterocycles. The van der Waals surface area contributed by atoms with Crippen LogP contribution < -0.4 is 9.47 Å². The molecule has 28 heavy (non-hydrogen) atoms. The smallest absolute Gasteiger partial charge is 0.241 e. The fourth-order valence-electron chi connectivity index (χ4n) is 2.96. The molecule has 1 amide bonds. The van der Waals surface area contributed by atoms with Crippen molar-refractivity contribution in [2.75, 3.05) is 13.7 Å². The molecule has 0 aliphatic carbocycles. The molecule has 4 nitrogen and oxygen atoms in total. The molecule has 3 rings (SSSR count). The predicted octanol–water partition coefficient (Wildman–Crippen LogP) is 5.14. The molecular formula is C21H22BrNO3S2. The minimum atomic E-state index is -0.201. The topological polar surface area (TPSA) is 38.8 Å². The van der Waals surface area contributed by atoms with E-state index in [0.29, 0.717) is 35.4 Å². The van der Waals surface area contributed by atoms with Crippen LogP contribution in [0.5, 0.6) is 11.5 Å². The lowest BCUT2D eigenvalue weighted by molar-refractivity contribution is -0.125. The first kappa shape index (κ1) is 21.1. The number of amides is 1. The van der Waals surface area contributed by atoms with E-state index in [1.807, 2.05) is 19.1 Å². The number of nitrogens with zero attached hydrogens (tertiary/aromatic N) is 1. The monoisotopic (exact) mass is 479 g/mol. The summed E-state index contributed by atoms with van der Waals surface area (Å²) in [5.74, 6) is 1.38. The Morgan fingerprint density at radius 3 is 2.54 bits per heavy atom. The zero-order valence-electron chi connectivity index (χ0n) is 16.0. The minimum Gasteiger partial charge on any atom is -0.493 e. The van der Waals surface area contributed by atoms with Crippen molar-refractivity contribution >= 4 is 50.1 Å². The number of rotatable bonds is 7. The summed E-state index contributed by atoms with van der Waals surface area (Å²) in [6.07, 6.45) is 0.579. The Kier molecular flexibility index (Phi) is 7.01. The fraction of sp³-hybridized carbons (Fsp3) is 0.333. The lowest BCUT2D eigenvalue weighted by Gasteiger charge is -2.16. The molecule has 0 radical (unpaired) electrons. The standard InChI is InChI=1S/C21H22BrNO3S2/c1-4-23-20(24)19(28-21(23)27)10-15-9-17(25-3)18(11-16(15)22)26-12-14-7-5-13(2)6-8-14/h5-9,11,19H,4,10,12H2,1-3H3/t19-/m0/s1. The van der Waals surface area contributed by atoms with Gasteiger partial charge in [-0.15, -0.1) is 0 Å². The number of hydrogen-bond donors (Lipinski definition) is 0. The van der Waals surface area contributed by atoms with Gasteiger partial charge in [-0.1, -0.05) is 69.7 Å². The van der Waals surface area contributed by atoms with E-state index in [1.165, 1.54) is 17.3 Å². The molecule has 148 valence electrons. The maximum absolute atomic E-state index is 12.5. The number of carbonyl (C=O) groups excluding carboxylic acids is 1. The predicted molar refractivity (Wildman–Crippen MR) is 121 cm³/mol. The number of carbonyl (C=O) groups is 1. The minimum absolute atomic E-state index is 0.0723. The van der Waals surface area contributed by atoms with E-state index in [4.69, 9.17) is 21.7 Å². The van der Waals surface area contributed by atoms with Gasteiger partial charge in [0.2, 0.25) is 5.91 Å². The summed E-state index contributed by atoms with van der Waals surface area (Å²) in [7, 11) is 1.62. The second-order valence-electron chi connectivity index (χ2n) is 6.53. The van der Waals surface area contributed by atoms with Crippen molar-refractivity contribution in [1.29, 1.82) is 0 Å². The van der Waals surface area contributed by atoms with Crippen LogP contribution in [0.25, 0.3) is 0 Å². The van der Waals surface area contributed by atoms with Crippen molar-refractivity contribution in [1.82, 2.24) is 4.90 Å². The van der Waals surface area contributed by atoms with E-state index in [9.17, 15) is 4.79 Å². The van der Waals surface area contributed by atoms with Gasteiger partial charge in [-0.25, -0.2) is 0 Å². The summed E-state index contributed by atoms with van der Waals surface area (Å²) < 4.78 is 13.0. The molecule has 1 atom stereocenters.